The van der Waals surface area contributed by atoms with Gasteiger partial charge in [-0.15, -0.1) is 0 Å². The smallest absolute Gasteiger partial charge is 0.234 e. The fourth-order valence-electron chi connectivity index (χ4n) is 1.65. The molecule has 0 aromatic heterocycles. The fraction of sp³-hybridized carbons (Fsp3) is 0.385. The van der Waals surface area contributed by atoms with Crippen LogP contribution >= 0.6 is 12.2 Å². The molecule has 0 fully saturated rings. The van der Waals surface area contributed by atoms with Crippen LogP contribution in [0.4, 0.5) is 14.5 Å². The van der Waals surface area contributed by atoms with Gasteiger partial charge in [0.2, 0.25) is 5.91 Å². The molecule has 1 aromatic rings. The molecule has 0 heterocycles. The van der Waals surface area contributed by atoms with Crippen molar-refractivity contribution in [2.75, 3.05) is 5.32 Å². The zero-order chi connectivity index (χ0) is 14.6. The maximum absolute atomic E-state index is 13.6. The summed E-state index contributed by atoms with van der Waals surface area (Å²) >= 11 is 4.80. The standard InChI is InChI=1S/C13H16F2N2OS/c1-3-4-8(12(16)19)13(18)17-11-6-9(14)7(2)5-10(11)15/h5-6,8H,3-4H2,1-2H3,(H2,16,19)(H,17,18). The van der Waals surface area contributed by atoms with Gasteiger partial charge in [0.15, 0.2) is 0 Å². The van der Waals surface area contributed by atoms with Crippen molar-refractivity contribution in [3.63, 3.8) is 0 Å². The van der Waals surface area contributed by atoms with Gasteiger partial charge < -0.3 is 11.1 Å². The monoisotopic (exact) mass is 286 g/mol. The van der Waals surface area contributed by atoms with Gasteiger partial charge in [-0.2, -0.15) is 0 Å². The Bertz CT molecular complexity index is 506. The first-order valence-corrected chi connectivity index (χ1v) is 6.33. The van der Waals surface area contributed by atoms with E-state index in [2.05, 4.69) is 5.32 Å². The Morgan fingerprint density at radius 3 is 2.58 bits per heavy atom. The summed E-state index contributed by atoms with van der Waals surface area (Å²) in [5.74, 6) is -2.47. The summed E-state index contributed by atoms with van der Waals surface area (Å²) in [6.07, 6.45) is 1.18. The van der Waals surface area contributed by atoms with E-state index < -0.39 is 23.5 Å². The number of thiocarbonyl (C=S) groups is 1. The Morgan fingerprint density at radius 1 is 1.42 bits per heavy atom. The average Bonchev–Trinajstić information content (AvgIpc) is 2.32. The van der Waals surface area contributed by atoms with E-state index >= 15 is 0 Å². The van der Waals surface area contributed by atoms with Crippen LogP contribution in [0, 0.1) is 24.5 Å². The summed E-state index contributed by atoms with van der Waals surface area (Å²) in [4.78, 5) is 12.0. The van der Waals surface area contributed by atoms with E-state index in [-0.39, 0.29) is 16.2 Å². The molecule has 0 saturated heterocycles. The minimum Gasteiger partial charge on any atom is -0.393 e. The summed E-state index contributed by atoms with van der Waals surface area (Å²) in [6.45, 7) is 3.32. The van der Waals surface area contributed by atoms with Gasteiger partial charge in [0.25, 0.3) is 0 Å². The van der Waals surface area contributed by atoms with Crippen molar-refractivity contribution >= 4 is 28.8 Å². The second-order valence-corrected chi connectivity index (χ2v) is 4.79. The van der Waals surface area contributed by atoms with Gasteiger partial charge in [-0.1, -0.05) is 25.6 Å². The van der Waals surface area contributed by atoms with Gasteiger partial charge >= 0.3 is 0 Å². The molecule has 0 aliphatic heterocycles. The number of benzene rings is 1. The lowest BCUT2D eigenvalue weighted by molar-refractivity contribution is -0.118. The van der Waals surface area contributed by atoms with Gasteiger partial charge in [-0.05, 0) is 25.0 Å². The van der Waals surface area contributed by atoms with Crippen LogP contribution in [0.1, 0.15) is 25.3 Å². The van der Waals surface area contributed by atoms with Gasteiger partial charge in [0.05, 0.1) is 16.6 Å². The quantitative estimate of drug-likeness (QED) is 0.818. The van der Waals surface area contributed by atoms with Crippen molar-refractivity contribution in [2.45, 2.75) is 26.7 Å². The third kappa shape index (κ3) is 3.96. The summed E-state index contributed by atoms with van der Waals surface area (Å²) < 4.78 is 26.9. The molecule has 0 radical (unpaired) electrons. The molecule has 6 heteroatoms. The molecule has 0 spiro atoms. The van der Waals surface area contributed by atoms with Gasteiger partial charge in [0.1, 0.15) is 11.6 Å². The summed E-state index contributed by atoms with van der Waals surface area (Å²) in [5.41, 5.74) is 5.44. The fourth-order valence-corrected chi connectivity index (χ4v) is 1.88. The van der Waals surface area contributed by atoms with Crippen molar-refractivity contribution < 1.29 is 13.6 Å². The third-order valence-corrected chi connectivity index (χ3v) is 3.03. The molecule has 1 aromatic carbocycles. The Hall–Kier alpha value is -1.56. The van der Waals surface area contributed by atoms with Gasteiger partial charge in [-0.3, -0.25) is 4.79 Å². The molecule has 104 valence electrons. The van der Waals surface area contributed by atoms with Crippen molar-refractivity contribution in [1.29, 1.82) is 0 Å². The summed E-state index contributed by atoms with van der Waals surface area (Å²) in [7, 11) is 0. The van der Waals surface area contributed by atoms with E-state index in [1.807, 2.05) is 6.92 Å². The Kier molecular flexibility index (Phi) is 5.35. The molecular weight excluding hydrogens is 270 g/mol. The third-order valence-electron chi connectivity index (χ3n) is 2.74. The van der Waals surface area contributed by atoms with E-state index in [0.717, 1.165) is 12.1 Å². The second kappa shape index (κ2) is 6.56. The van der Waals surface area contributed by atoms with E-state index in [4.69, 9.17) is 18.0 Å². The number of rotatable bonds is 5. The minimum absolute atomic E-state index is 0.0485. The molecule has 3 N–H and O–H groups in total. The highest BCUT2D eigenvalue weighted by atomic mass is 32.1. The zero-order valence-electron chi connectivity index (χ0n) is 10.8. The van der Waals surface area contributed by atoms with E-state index in [1.165, 1.54) is 6.92 Å². The number of amides is 1. The van der Waals surface area contributed by atoms with Crippen LogP contribution in [0.3, 0.4) is 0 Å². The van der Waals surface area contributed by atoms with E-state index in [0.29, 0.717) is 12.8 Å². The Morgan fingerprint density at radius 2 is 2.05 bits per heavy atom. The van der Waals surface area contributed by atoms with Crippen LogP contribution in [0.5, 0.6) is 0 Å². The van der Waals surface area contributed by atoms with Crippen LogP contribution in [0.2, 0.25) is 0 Å². The van der Waals surface area contributed by atoms with Crippen LogP contribution in [-0.2, 0) is 4.79 Å². The molecule has 1 unspecified atom stereocenters. The highest BCUT2D eigenvalue weighted by Crippen LogP contribution is 2.20. The van der Waals surface area contributed by atoms with Crippen molar-refractivity contribution in [1.82, 2.24) is 0 Å². The van der Waals surface area contributed by atoms with E-state index in [1.54, 1.807) is 0 Å². The van der Waals surface area contributed by atoms with Crippen LogP contribution in [-0.4, -0.2) is 10.9 Å². The number of nitrogens with two attached hydrogens (primary N) is 1. The Balaban J connectivity index is 2.92. The highest BCUT2D eigenvalue weighted by molar-refractivity contribution is 7.80. The molecule has 1 amide bonds. The molecule has 0 aliphatic carbocycles. The maximum atomic E-state index is 13.6. The summed E-state index contributed by atoms with van der Waals surface area (Å²) in [6, 6.07) is 1.98. The first kappa shape index (κ1) is 15.5. The molecule has 3 nitrogen and oxygen atoms in total. The number of hydrogen-bond donors (Lipinski definition) is 2. The topological polar surface area (TPSA) is 55.1 Å². The SMILES string of the molecule is CCCC(C(=O)Nc1cc(F)c(C)cc1F)C(N)=S. The van der Waals surface area contributed by atoms with Crippen LogP contribution in [0.15, 0.2) is 12.1 Å². The number of hydrogen-bond acceptors (Lipinski definition) is 2. The first-order valence-electron chi connectivity index (χ1n) is 5.92. The molecule has 0 bridgehead atoms. The number of carbonyl (C=O) groups is 1. The van der Waals surface area contributed by atoms with Gasteiger partial charge in [0, 0.05) is 6.07 Å². The number of anilines is 1. The zero-order valence-corrected chi connectivity index (χ0v) is 11.6. The normalized spacial score (nSPS) is 12.0. The molecule has 1 rings (SSSR count). The average molecular weight is 286 g/mol. The lowest BCUT2D eigenvalue weighted by atomic mass is 10.0. The molecular formula is C13H16F2N2OS. The number of halogens is 2. The molecule has 19 heavy (non-hydrogen) atoms. The lowest BCUT2D eigenvalue weighted by Crippen LogP contribution is -2.33. The summed E-state index contributed by atoms with van der Waals surface area (Å²) in [5, 5.41) is 2.32. The maximum Gasteiger partial charge on any atom is 0.234 e. The molecule has 0 saturated carbocycles. The first-order chi connectivity index (χ1) is 8.86. The van der Waals surface area contributed by atoms with E-state index in [9.17, 15) is 13.6 Å². The number of aryl methyl sites for hydroxylation is 1. The minimum atomic E-state index is -0.689. The lowest BCUT2D eigenvalue weighted by Gasteiger charge is -2.15. The Labute approximate surface area is 116 Å². The number of nitrogens with one attached hydrogen (secondary N) is 1. The predicted molar refractivity (Wildman–Crippen MR) is 74.9 cm³/mol. The van der Waals surface area contributed by atoms with Crippen LogP contribution in [0.25, 0.3) is 0 Å². The van der Waals surface area contributed by atoms with Crippen molar-refractivity contribution in [2.24, 2.45) is 11.7 Å². The second-order valence-electron chi connectivity index (χ2n) is 4.31. The van der Waals surface area contributed by atoms with Crippen molar-refractivity contribution in [3.05, 3.63) is 29.3 Å². The van der Waals surface area contributed by atoms with Crippen molar-refractivity contribution in [3.8, 4) is 0 Å². The van der Waals surface area contributed by atoms with Gasteiger partial charge in [-0.25, -0.2) is 8.78 Å². The number of carbonyl (C=O) groups excluding carboxylic acids is 1. The molecule has 0 aliphatic rings. The molecule has 1 atom stereocenters. The van der Waals surface area contributed by atoms with Crippen LogP contribution < -0.4 is 11.1 Å². The highest BCUT2D eigenvalue weighted by Gasteiger charge is 2.21. The predicted octanol–water partition coefficient (Wildman–Crippen LogP) is 2.91. The largest absolute Gasteiger partial charge is 0.393 e.